The number of hydrogen-bond donors (Lipinski definition) is 2. The van der Waals surface area contributed by atoms with Crippen LogP contribution in [0.1, 0.15) is 34.3 Å². The highest BCUT2D eigenvalue weighted by molar-refractivity contribution is 5.98. The number of hydrogen-bond acceptors (Lipinski definition) is 7. The lowest BCUT2D eigenvalue weighted by Crippen LogP contribution is -2.60. The Hall–Kier alpha value is -3.99. The van der Waals surface area contributed by atoms with E-state index in [1.807, 2.05) is 4.90 Å². The predicted octanol–water partition coefficient (Wildman–Crippen LogP) is 0.596. The van der Waals surface area contributed by atoms with E-state index in [4.69, 9.17) is 4.42 Å². The molecule has 2 aliphatic rings. The first kappa shape index (κ1) is 25.1. The lowest BCUT2D eigenvalue weighted by atomic mass is 10.1. The molecule has 0 radical (unpaired) electrons. The fourth-order valence-corrected chi connectivity index (χ4v) is 4.34. The van der Waals surface area contributed by atoms with Crippen LogP contribution < -0.4 is 10.6 Å². The molecule has 4 rings (SSSR count). The molecule has 36 heavy (non-hydrogen) atoms. The van der Waals surface area contributed by atoms with E-state index in [2.05, 4.69) is 10.6 Å². The number of carbonyl (C=O) groups excluding carboxylic acids is 5. The van der Waals surface area contributed by atoms with E-state index in [0.29, 0.717) is 50.5 Å². The van der Waals surface area contributed by atoms with E-state index >= 15 is 0 Å². The molecule has 190 valence electrons. The second-order valence-electron chi connectivity index (χ2n) is 8.83. The Labute approximate surface area is 208 Å². The van der Waals surface area contributed by atoms with Gasteiger partial charge in [-0.25, -0.2) is 0 Å². The first-order valence-electron chi connectivity index (χ1n) is 11.8. The summed E-state index contributed by atoms with van der Waals surface area (Å²) in [5.41, 5.74) is 1.03. The SMILES string of the molecule is CC(=O)c1ccc(NC(=O)C[C@@H]2C(=O)NCCN2C(=O)CN2CCN(C(=O)c3ccco3)CC2)cc1. The number of ketones is 1. The minimum absolute atomic E-state index is 0.0774. The smallest absolute Gasteiger partial charge is 0.289 e. The third-order valence-corrected chi connectivity index (χ3v) is 6.36. The molecule has 11 heteroatoms. The molecule has 0 spiro atoms. The highest BCUT2D eigenvalue weighted by atomic mass is 16.3. The summed E-state index contributed by atoms with van der Waals surface area (Å²) in [6.07, 6.45) is 1.27. The second kappa shape index (κ2) is 11.2. The Morgan fingerprint density at radius 2 is 1.75 bits per heavy atom. The van der Waals surface area contributed by atoms with Gasteiger partial charge in [-0.3, -0.25) is 28.9 Å². The van der Waals surface area contributed by atoms with Crippen molar-refractivity contribution >= 4 is 35.1 Å². The maximum atomic E-state index is 13.1. The Morgan fingerprint density at radius 3 is 2.39 bits per heavy atom. The molecule has 2 aromatic rings. The summed E-state index contributed by atoms with van der Waals surface area (Å²) < 4.78 is 5.18. The van der Waals surface area contributed by atoms with Gasteiger partial charge in [0.1, 0.15) is 6.04 Å². The van der Waals surface area contributed by atoms with Crippen LogP contribution in [0.15, 0.2) is 47.1 Å². The highest BCUT2D eigenvalue weighted by Gasteiger charge is 2.35. The molecule has 2 aliphatic heterocycles. The molecule has 1 aromatic heterocycles. The van der Waals surface area contributed by atoms with Gasteiger partial charge in [-0.15, -0.1) is 0 Å². The topological polar surface area (TPSA) is 132 Å². The van der Waals surface area contributed by atoms with Crippen LogP contribution >= 0.6 is 0 Å². The molecule has 0 unspecified atom stereocenters. The van der Waals surface area contributed by atoms with E-state index in [0.717, 1.165) is 0 Å². The lowest BCUT2D eigenvalue weighted by Gasteiger charge is -2.38. The number of furan rings is 1. The standard InChI is InChI=1S/C25H29N5O6/c1-17(31)18-4-6-19(7-5-18)27-22(32)15-20-24(34)26-8-9-30(20)23(33)16-28-10-12-29(13-11-28)25(35)21-3-2-14-36-21/h2-7,14,20H,8-13,15-16H2,1H3,(H,26,34)(H,27,32)/t20-/m1/s1. The Kier molecular flexibility index (Phi) is 7.79. The second-order valence-corrected chi connectivity index (χ2v) is 8.83. The van der Waals surface area contributed by atoms with Crippen LogP contribution in [-0.4, -0.2) is 96.0 Å². The van der Waals surface area contributed by atoms with Crippen LogP contribution in [0.2, 0.25) is 0 Å². The fourth-order valence-electron chi connectivity index (χ4n) is 4.34. The number of anilines is 1. The summed E-state index contributed by atoms with van der Waals surface area (Å²) >= 11 is 0. The molecule has 0 saturated carbocycles. The molecule has 2 saturated heterocycles. The van der Waals surface area contributed by atoms with Crippen LogP contribution in [0.25, 0.3) is 0 Å². The monoisotopic (exact) mass is 495 g/mol. The van der Waals surface area contributed by atoms with Gasteiger partial charge in [-0.2, -0.15) is 0 Å². The van der Waals surface area contributed by atoms with Crippen molar-refractivity contribution in [2.45, 2.75) is 19.4 Å². The van der Waals surface area contributed by atoms with Gasteiger partial charge in [-0.05, 0) is 43.3 Å². The zero-order valence-corrected chi connectivity index (χ0v) is 20.1. The summed E-state index contributed by atoms with van der Waals surface area (Å²) in [7, 11) is 0. The van der Waals surface area contributed by atoms with Crippen LogP contribution in [0.5, 0.6) is 0 Å². The van der Waals surface area contributed by atoms with Crippen LogP contribution in [0.4, 0.5) is 5.69 Å². The summed E-state index contributed by atoms with van der Waals surface area (Å²) in [6, 6.07) is 8.84. The van der Waals surface area contributed by atoms with Gasteiger partial charge in [0.2, 0.25) is 17.7 Å². The average Bonchev–Trinajstić information content (AvgIpc) is 3.41. The summed E-state index contributed by atoms with van der Waals surface area (Å²) in [5.74, 6) is -0.984. The minimum atomic E-state index is -0.912. The van der Waals surface area contributed by atoms with Gasteiger partial charge in [0.05, 0.1) is 19.2 Å². The van der Waals surface area contributed by atoms with Gasteiger partial charge in [-0.1, -0.05) is 0 Å². The zero-order valence-electron chi connectivity index (χ0n) is 20.1. The molecule has 3 heterocycles. The number of amides is 4. The van der Waals surface area contributed by atoms with Crippen LogP contribution in [0.3, 0.4) is 0 Å². The maximum absolute atomic E-state index is 13.1. The third kappa shape index (κ3) is 5.98. The molecular weight excluding hydrogens is 466 g/mol. The quantitative estimate of drug-likeness (QED) is 0.538. The largest absolute Gasteiger partial charge is 0.459 e. The highest BCUT2D eigenvalue weighted by Crippen LogP contribution is 2.15. The normalized spacial score (nSPS) is 18.5. The van der Waals surface area contributed by atoms with Gasteiger partial charge < -0.3 is 24.9 Å². The minimum Gasteiger partial charge on any atom is -0.459 e. The van der Waals surface area contributed by atoms with E-state index in [9.17, 15) is 24.0 Å². The number of Topliss-reactive ketones (excluding diaryl/α,β-unsaturated/α-hetero) is 1. The Bertz CT molecular complexity index is 1120. The predicted molar refractivity (Wildman–Crippen MR) is 129 cm³/mol. The first-order chi connectivity index (χ1) is 17.3. The number of benzene rings is 1. The van der Waals surface area contributed by atoms with Crippen LogP contribution in [0, 0.1) is 0 Å². The van der Waals surface area contributed by atoms with E-state index in [1.54, 1.807) is 41.3 Å². The maximum Gasteiger partial charge on any atom is 0.289 e. The van der Waals surface area contributed by atoms with Crippen LogP contribution in [-0.2, 0) is 14.4 Å². The number of piperazine rings is 2. The first-order valence-corrected chi connectivity index (χ1v) is 11.8. The summed E-state index contributed by atoms with van der Waals surface area (Å²) in [5, 5.41) is 5.44. The number of nitrogens with zero attached hydrogens (tertiary/aromatic N) is 3. The third-order valence-electron chi connectivity index (χ3n) is 6.36. The molecule has 2 fully saturated rings. The molecule has 11 nitrogen and oxygen atoms in total. The van der Waals surface area contributed by atoms with E-state index in [-0.39, 0.29) is 42.2 Å². The molecular formula is C25H29N5O6. The van der Waals surface area contributed by atoms with Gasteiger partial charge in [0, 0.05) is 50.5 Å². The van der Waals surface area contributed by atoms with Crippen molar-refractivity contribution in [2.75, 3.05) is 51.1 Å². The number of rotatable bonds is 7. The lowest BCUT2D eigenvalue weighted by molar-refractivity contribution is -0.145. The zero-order chi connectivity index (χ0) is 25.7. The van der Waals surface area contributed by atoms with Gasteiger partial charge >= 0.3 is 0 Å². The summed E-state index contributed by atoms with van der Waals surface area (Å²) in [6.45, 7) is 4.14. The Balaban J connectivity index is 1.31. The molecule has 0 aliphatic carbocycles. The fraction of sp³-hybridized carbons (Fsp3) is 0.400. The molecule has 0 bridgehead atoms. The Morgan fingerprint density at radius 1 is 1.03 bits per heavy atom. The number of nitrogens with one attached hydrogen (secondary N) is 2. The summed E-state index contributed by atoms with van der Waals surface area (Å²) in [4.78, 5) is 67.2. The van der Waals surface area contributed by atoms with Crippen molar-refractivity contribution in [3.05, 3.63) is 54.0 Å². The van der Waals surface area contributed by atoms with E-state index in [1.165, 1.54) is 18.1 Å². The number of carbonyl (C=O) groups is 5. The van der Waals surface area contributed by atoms with Crippen molar-refractivity contribution in [2.24, 2.45) is 0 Å². The van der Waals surface area contributed by atoms with Gasteiger partial charge in [0.25, 0.3) is 5.91 Å². The van der Waals surface area contributed by atoms with E-state index < -0.39 is 11.9 Å². The molecule has 4 amide bonds. The van der Waals surface area contributed by atoms with Crippen molar-refractivity contribution in [1.82, 2.24) is 20.0 Å². The molecule has 1 aromatic carbocycles. The van der Waals surface area contributed by atoms with Crippen molar-refractivity contribution in [1.29, 1.82) is 0 Å². The van der Waals surface area contributed by atoms with Gasteiger partial charge in [0.15, 0.2) is 11.5 Å². The molecule has 1 atom stereocenters. The van der Waals surface area contributed by atoms with Crippen molar-refractivity contribution < 1.29 is 28.4 Å². The van der Waals surface area contributed by atoms with Crippen molar-refractivity contribution in [3.63, 3.8) is 0 Å². The average molecular weight is 496 g/mol. The molecule has 2 N–H and O–H groups in total. The van der Waals surface area contributed by atoms with Crippen molar-refractivity contribution in [3.8, 4) is 0 Å².